The molecule has 9 nitrogen and oxygen atoms in total. The summed E-state index contributed by atoms with van der Waals surface area (Å²) >= 11 is 1.26. The van der Waals surface area contributed by atoms with Gasteiger partial charge in [0, 0.05) is 33.9 Å². The lowest BCUT2D eigenvalue weighted by Crippen LogP contribution is -2.36. The van der Waals surface area contributed by atoms with Crippen LogP contribution in [0.4, 0.5) is 10.5 Å². The summed E-state index contributed by atoms with van der Waals surface area (Å²) in [5.41, 5.74) is 11.8. The van der Waals surface area contributed by atoms with E-state index < -0.39 is 23.5 Å². The lowest BCUT2D eigenvalue weighted by Gasteiger charge is -2.32. The van der Waals surface area contributed by atoms with Gasteiger partial charge in [-0.15, -0.1) is 11.3 Å². The SMILES string of the molecule is Cc1c(NC(=O)c2nccs2)cccc1-c1ccc(C(N)=O)c2[nH]c(-c3ccccc3C(NC(=O)O)C(C)(C)C)cc12. The molecule has 0 saturated carbocycles. The predicted molar refractivity (Wildman–Crippen MR) is 166 cm³/mol. The summed E-state index contributed by atoms with van der Waals surface area (Å²) in [6.45, 7) is 7.85. The van der Waals surface area contributed by atoms with Gasteiger partial charge < -0.3 is 26.5 Å². The maximum absolute atomic E-state index is 12.7. The van der Waals surface area contributed by atoms with Gasteiger partial charge >= 0.3 is 6.09 Å². The van der Waals surface area contributed by atoms with Gasteiger partial charge in [0.25, 0.3) is 11.8 Å². The second-order valence-electron chi connectivity index (χ2n) is 11.1. The number of benzene rings is 3. The zero-order valence-electron chi connectivity index (χ0n) is 23.6. The van der Waals surface area contributed by atoms with E-state index in [1.165, 1.54) is 11.3 Å². The number of nitrogens with two attached hydrogens (primary N) is 1. The molecule has 5 rings (SSSR count). The first-order valence-electron chi connectivity index (χ1n) is 13.3. The molecule has 0 radical (unpaired) electrons. The molecule has 1 atom stereocenters. The fourth-order valence-electron chi connectivity index (χ4n) is 5.26. The Morgan fingerprint density at radius 1 is 1.00 bits per heavy atom. The molecule has 3 amide bonds. The van der Waals surface area contributed by atoms with E-state index in [1.54, 1.807) is 17.6 Å². The minimum atomic E-state index is -1.11. The zero-order chi connectivity index (χ0) is 30.2. The number of thiazole rings is 1. The number of carboxylic acid groups (broad SMARTS) is 1. The quantitative estimate of drug-likeness (QED) is 0.141. The van der Waals surface area contributed by atoms with Crippen LogP contribution in [0, 0.1) is 12.3 Å². The van der Waals surface area contributed by atoms with Crippen molar-refractivity contribution < 1.29 is 19.5 Å². The van der Waals surface area contributed by atoms with Crippen LogP contribution in [0.3, 0.4) is 0 Å². The monoisotopic (exact) mass is 581 g/mol. The summed E-state index contributed by atoms with van der Waals surface area (Å²) in [7, 11) is 0. The third kappa shape index (κ3) is 5.48. The fraction of sp³-hybridized carbons (Fsp3) is 0.188. The number of hydrogen-bond acceptors (Lipinski definition) is 5. The van der Waals surface area contributed by atoms with Crippen LogP contribution in [0.25, 0.3) is 33.3 Å². The Bertz CT molecular complexity index is 1820. The van der Waals surface area contributed by atoms with Crippen LogP contribution >= 0.6 is 11.3 Å². The van der Waals surface area contributed by atoms with E-state index in [0.717, 1.165) is 33.2 Å². The Morgan fingerprint density at radius 2 is 1.74 bits per heavy atom. The molecular weight excluding hydrogens is 550 g/mol. The number of rotatable bonds is 7. The number of nitrogens with zero attached hydrogens (tertiary/aromatic N) is 1. The van der Waals surface area contributed by atoms with Crippen LogP contribution in [0.2, 0.25) is 0 Å². The molecule has 42 heavy (non-hydrogen) atoms. The molecule has 5 aromatic rings. The van der Waals surface area contributed by atoms with Crippen LogP contribution in [0.5, 0.6) is 0 Å². The molecule has 0 spiro atoms. The number of fused-ring (bicyclic) bond motifs is 1. The lowest BCUT2D eigenvalue weighted by atomic mass is 9.80. The highest BCUT2D eigenvalue weighted by Gasteiger charge is 2.30. The third-order valence-corrected chi connectivity index (χ3v) is 8.03. The number of hydrogen-bond donors (Lipinski definition) is 5. The molecule has 3 aromatic carbocycles. The smallest absolute Gasteiger partial charge is 0.405 e. The van der Waals surface area contributed by atoms with Crippen molar-refractivity contribution in [2.45, 2.75) is 33.7 Å². The van der Waals surface area contributed by atoms with Crippen molar-refractivity contribution in [1.82, 2.24) is 15.3 Å². The Hall–Kier alpha value is -4.96. The second-order valence-corrected chi connectivity index (χ2v) is 12.0. The first-order valence-corrected chi connectivity index (χ1v) is 14.2. The summed E-state index contributed by atoms with van der Waals surface area (Å²) in [5, 5.41) is 18.1. The van der Waals surface area contributed by atoms with E-state index >= 15 is 0 Å². The molecule has 2 aromatic heterocycles. The van der Waals surface area contributed by atoms with Crippen molar-refractivity contribution in [1.29, 1.82) is 0 Å². The lowest BCUT2D eigenvalue weighted by molar-refractivity contribution is 0.0998. The minimum absolute atomic E-state index is 0.289. The molecule has 0 aliphatic rings. The number of anilines is 1. The standard InChI is InChI=1S/C32H31N5O4S/c1-17-18(10-7-11-24(17)36-29(39)30-34-14-15-42-30)19-12-13-22(28(33)38)26-23(19)16-25(35-26)20-8-5-6-9-21(20)27(32(2,3)4)37-31(40)41/h5-16,27,35,37H,1-4H3,(H2,33,38)(H,36,39)(H,40,41). The highest BCUT2D eigenvalue weighted by atomic mass is 32.1. The molecule has 6 N–H and O–H groups in total. The van der Waals surface area contributed by atoms with Crippen molar-refractivity contribution >= 4 is 45.8 Å². The number of aromatic nitrogens is 2. The number of primary amides is 1. The van der Waals surface area contributed by atoms with E-state index in [0.29, 0.717) is 27.5 Å². The van der Waals surface area contributed by atoms with Gasteiger partial charge in [-0.1, -0.05) is 63.2 Å². The minimum Gasteiger partial charge on any atom is -0.465 e. The highest BCUT2D eigenvalue weighted by molar-refractivity contribution is 7.11. The van der Waals surface area contributed by atoms with Gasteiger partial charge in [-0.2, -0.15) is 0 Å². The molecule has 0 aliphatic heterocycles. The molecule has 214 valence electrons. The largest absolute Gasteiger partial charge is 0.465 e. The molecule has 10 heteroatoms. The van der Waals surface area contributed by atoms with Crippen molar-refractivity contribution in [2.75, 3.05) is 5.32 Å². The van der Waals surface area contributed by atoms with Crippen molar-refractivity contribution in [3.63, 3.8) is 0 Å². The molecule has 0 bridgehead atoms. The van der Waals surface area contributed by atoms with Gasteiger partial charge in [-0.05, 0) is 52.8 Å². The normalized spacial score (nSPS) is 12.2. The summed E-state index contributed by atoms with van der Waals surface area (Å²) < 4.78 is 0. The van der Waals surface area contributed by atoms with E-state index in [4.69, 9.17) is 5.73 Å². The second kappa shape index (κ2) is 11.1. The maximum atomic E-state index is 12.7. The molecule has 0 aliphatic carbocycles. The van der Waals surface area contributed by atoms with Crippen LogP contribution in [0.15, 0.2) is 72.2 Å². The highest BCUT2D eigenvalue weighted by Crippen LogP contribution is 2.41. The Labute approximate surface area is 246 Å². The molecule has 2 heterocycles. The zero-order valence-corrected chi connectivity index (χ0v) is 24.4. The summed E-state index contributed by atoms with van der Waals surface area (Å²) in [6.07, 6.45) is 0.472. The fourth-order valence-corrected chi connectivity index (χ4v) is 5.79. The van der Waals surface area contributed by atoms with Crippen LogP contribution in [-0.4, -0.2) is 33.0 Å². The van der Waals surface area contributed by atoms with Crippen molar-refractivity contribution in [3.05, 3.63) is 93.9 Å². The average Bonchev–Trinajstić information content (AvgIpc) is 3.63. The van der Waals surface area contributed by atoms with Gasteiger partial charge in [-0.3, -0.25) is 9.59 Å². The number of H-pyrrole nitrogens is 1. The molecule has 0 saturated heterocycles. The van der Waals surface area contributed by atoms with E-state index in [2.05, 4.69) is 20.6 Å². The van der Waals surface area contributed by atoms with Crippen molar-refractivity contribution in [3.8, 4) is 22.4 Å². The van der Waals surface area contributed by atoms with E-state index in [-0.39, 0.29) is 5.91 Å². The number of carbonyl (C=O) groups is 3. The number of aromatic amines is 1. The first-order chi connectivity index (χ1) is 20.0. The van der Waals surface area contributed by atoms with Crippen molar-refractivity contribution in [2.24, 2.45) is 11.1 Å². The van der Waals surface area contributed by atoms with Gasteiger partial charge in [0.1, 0.15) is 0 Å². The van der Waals surface area contributed by atoms with E-state index in [9.17, 15) is 19.5 Å². The van der Waals surface area contributed by atoms with E-state index in [1.807, 2.05) is 82.3 Å². The first kappa shape index (κ1) is 28.6. The summed E-state index contributed by atoms with van der Waals surface area (Å²) in [5.74, 6) is -0.863. The third-order valence-electron chi connectivity index (χ3n) is 7.25. The van der Waals surface area contributed by atoms with Gasteiger partial charge in [0.15, 0.2) is 5.01 Å². The summed E-state index contributed by atoms with van der Waals surface area (Å²) in [6, 6.07) is 18.2. The topological polar surface area (TPSA) is 150 Å². The summed E-state index contributed by atoms with van der Waals surface area (Å²) in [4.78, 5) is 44.4. The number of carbonyl (C=O) groups excluding carboxylic acids is 2. The predicted octanol–water partition coefficient (Wildman–Crippen LogP) is 6.97. The Kier molecular flexibility index (Phi) is 7.57. The van der Waals surface area contributed by atoms with Gasteiger partial charge in [-0.25, -0.2) is 9.78 Å². The van der Waals surface area contributed by atoms with Gasteiger partial charge in [0.05, 0.1) is 17.1 Å². The Morgan fingerprint density at radius 3 is 2.40 bits per heavy atom. The average molecular weight is 582 g/mol. The maximum Gasteiger partial charge on any atom is 0.405 e. The molecular formula is C32H31N5O4S. The van der Waals surface area contributed by atoms with Crippen LogP contribution < -0.4 is 16.4 Å². The number of nitrogens with one attached hydrogen (secondary N) is 3. The number of amides is 3. The Balaban J connectivity index is 1.67. The molecule has 1 unspecified atom stereocenters. The van der Waals surface area contributed by atoms with Crippen LogP contribution in [0.1, 0.15) is 58.1 Å². The van der Waals surface area contributed by atoms with Crippen LogP contribution in [-0.2, 0) is 0 Å². The molecule has 0 fully saturated rings. The van der Waals surface area contributed by atoms with Gasteiger partial charge in [0.2, 0.25) is 0 Å².